The van der Waals surface area contributed by atoms with Crippen molar-refractivity contribution in [2.24, 2.45) is 5.10 Å². The van der Waals surface area contributed by atoms with Crippen LogP contribution in [0, 0.1) is 0 Å². The van der Waals surface area contributed by atoms with E-state index in [0.29, 0.717) is 20.9 Å². The number of hydrogen-bond donors (Lipinski definition) is 0. The molecule has 0 atom stereocenters. The summed E-state index contributed by atoms with van der Waals surface area (Å²) in [7, 11) is 0. The Morgan fingerprint density at radius 2 is 2.35 bits per heavy atom. The number of halogens is 1. The van der Waals surface area contributed by atoms with Gasteiger partial charge in [-0.05, 0) is 48.6 Å². The summed E-state index contributed by atoms with van der Waals surface area (Å²) in [5.41, 5.74) is 0.792. The van der Waals surface area contributed by atoms with Crippen LogP contribution in [0.5, 0.6) is 0 Å². The predicted octanol–water partition coefficient (Wildman–Crippen LogP) is 3.41. The highest BCUT2D eigenvalue weighted by molar-refractivity contribution is 8.26. The molecule has 0 spiro atoms. The normalized spacial score (nSPS) is 17.5. The molecule has 0 aliphatic carbocycles. The fourth-order valence-electron chi connectivity index (χ4n) is 1.41. The van der Waals surface area contributed by atoms with E-state index in [1.165, 1.54) is 11.3 Å². The average molecular weight is 327 g/mol. The second-order valence-corrected chi connectivity index (χ2v) is 5.83. The van der Waals surface area contributed by atoms with Gasteiger partial charge in [0.2, 0.25) is 0 Å². The Morgan fingerprint density at radius 3 is 3.05 bits per heavy atom. The maximum atomic E-state index is 12.0. The summed E-state index contributed by atoms with van der Waals surface area (Å²) in [6.45, 7) is 2.34. The van der Waals surface area contributed by atoms with E-state index < -0.39 is 0 Å². The number of carbonyl (C=O) groups excluding carboxylic acids is 1. The number of thiocarbonyl (C=S) groups is 1. The lowest BCUT2D eigenvalue weighted by atomic mass is 10.2. The number of ether oxygens (including phenoxy) is 1. The molecule has 1 aromatic carbocycles. The van der Waals surface area contributed by atoms with Crippen molar-refractivity contribution < 1.29 is 9.53 Å². The minimum atomic E-state index is -0.285. The highest BCUT2D eigenvalue weighted by Gasteiger charge is 2.32. The molecular weight excluding hydrogens is 316 g/mol. The monoisotopic (exact) mass is 326 g/mol. The van der Waals surface area contributed by atoms with Gasteiger partial charge in [-0.1, -0.05) is 23.7 Å². The molecule has 0 aromatic heterocycles. The fourth-order valence-corrected chi connectivity index (χ4v) is 2.71. The van der Waals surface area contributed by atoms with Gasteiger partial charge in [0.05, 0.1) is 12.8 Å². The van der Waals surface area contributed by atoms with E-state index in [9.17, 15) is 4.79 Å². The summed E-state index contributed by atoms with van der Waals surface area (Å²) in [4.78, 5) is 12.5. The molecule has 1 saturated heterocycles. The van der Waals surface area contributed by atoms with E-state index in [4.69, 9.17) is 28.6 Å². The van der Waals surface area contributed by atoms with Crippen LogP contribution in [0.25, 0.3) is 0 Å². The molecule has 1 aromatic rings. The molecule has 20 heavy (non-hydrogen) atoms. The highest BCUT2D eigenvalue weighted by atomic mass is 35.5. The van der Waals surface area contributed by atoms with E-state index in [2.05, 4.69) is 5.10 Å². The van der Waals surface area contributed by atoms with Gasteiger partial charge in [0.1, 0.15) is 11.2 Å². The first kappa shape index (κ1) is 15.0. The van der Waals surface area contributed by atoms with E-state index in [1.54, 1.807) is 18.3 Å². The highest BCUT2D eigenvalue weighted by Crippen LogP contribution is 2.31. The van der Waals surface area contributed by atoms with Crippen LogP contribution >= 0.6 is 35.6 Å². The van der Waals surface area contributed by atoms with E-state index in [0.717, 1.165) is 17.3 Å². The number of hydrazone groups is 1. The molecule has 1 aliphatic heterocycles. The van der Waals surface area contributed by atoms with Crippen molar-refractivity contribution >= 4 is 52.0 Å². The zero-order chi connectivity index (χ0) is 14.5. The maximum Gasteiger partial charge on any atom is 0.290 e. The van der Waals surface area contributed by atoms with Crippen molar-refractivity contribution in [2.75, 3.05) is 6.61 Å². The maximum absolute atomic E-state index is 12.0. The molecule has 1 fully saturated rings. The van der Waals surface area contributed by atoms with Crippen molar-refractivity contribution in [3.8, 4) is 0 Å². The standard InChI is InChI=1S/C13H11ClN2O2S2/c1-2-18-8-11-12(17)16(13(19)20-11)15-7-9-4-3-5-10(14)6-9/h3-8H,2H2,1H3/b11-8-,15-7-. The molecule has 0 radical (unpaired) electrons. The number of nitrogens with zero attached hydrogens (tertiary/aromatic N) is 2. The fraction of sp³-hybridized carbons (Fsp3) is 0.154. The molecular formula is C13H11ClN2O2S2. The number of amides is 1. The zero-order valence-electron chi connectivity index (χ0n) is 10.6. The summed E-state index contributed by atoms with van der Waals surface area (Å²) in [5.74, 6) is -0.285. The Hall–Kier alpha value is -1.37. The first-order valence-corrected chi connectivity index (χ1v) is 7.39. The van der Waals surface area contributed by atoms with E-state index in [1.807, 2.05) is 19.1 Å². The Labute approximate surface area is 131 Å². The number of benzene rings is 1. The van der Waals surface area contributed by atoms with Crippen molar-refractivity contribution in [2.45, 2.75) is 6.92 Å². The third-order valence-corrected chi connectivity index (χ3v) is 3.80. The largest absolute Gasteiger partial charge is 0.500 e. The molecule has 2 rings (SSSR count). The smallest absolute Gasteiger partial charge is 0.290 e. The van der Waals surface area contributed by atoms with Crippen LogP contribution in [-0.2, 0) is 9.53 Å². The van der Waals surface area contributed by atoms with Gasteiger partial charge in [-0.2, -0.15) is 10.1 Å². The molecule has 1 aliphatic rings. The summed E-state index contributed by atoms with van der Waals surface area (Å²) < 4.78 is 5.48. The predicted molar refractivity (Wildman–Crippen MR) is 85.8 cm³/mol. The number of rotatable bonds is 4. The van der Waals surface area contributed by atoms with Crippen LogP contribution in [0.2, 0.25) is 5.02 Å². The summed E-state index contributed by atoms with van der Waals surface area (Å²) in [6, 6.07) is 7.16. The Morgan fingerprint density at radius 1 is 1.55 bits per heavy atom. The number of thioether (sulfide) groups is 1. The topological polar surface area (TPSA) is 41.9 Å². The Kier molecular flexibility index (Phi) is 5.17. The van der Waals surface area contributed by atoms with Crippen LogP contribution in [0.3, 0.4) is 0 Å². The summed E-state index contributed by atoms with van der Waals surface area (Å²) in [6.07, 6.45) is 2.95. The van der Waals surface area contributed by atoms with E-state index in [-0.39, 0.29) is 5.91 Å². The lowest BCUT2D eigenvalue weighted by Crippen LogP contribution is -2.22. The Bertz CT molecular complexity index is 602. The second-order valence-electron chi connectivity index (χ2n) is 3.72. The lowest BCUT2D eigenvalue weighted by Gasteiger charge is -2.05. The molecule has 104 valence electrons. The quantitative estimate of drug-likeness (QED) is 0.368. The molecule has 0 saturated carbocycles. The Balaban J connectivity index is 2.13. The molecule has 0 unspecified atom stereocenters. The van der Waals surface area contributed by atoms with Gasteiger partial charge in [0.15, 0.2) is 4.32 Å². The zero-order valence-corrected chi connectivity index (χ0v) is 13.0. The average Bonchev–Trinajstić information content (AvgIpc) is 2.69. The summed E-state index contributed by atoms with van der Waals surface area (Å²) >= 11 is 12.2. The third kappa shape index (κ3) is 3.59. The van der Waals surface area contributed by atoms with Crippen LogP contribution < -0.4 is 0 Å². The van der Waals surface area contributed by atoms with Gasteiger partial charge < -0.3 is 4.74 Å². The van der Waals surface area contributed by atoms with Gasteiger partial charge >= 0.3 is 0 Å². The molecule has 0 bridgehead atoms. The minimum Gasteiger partial charge on any atom is -0.500 e. The second kappa shape index (κ2) is 6.88. The van der Waals surface area contributed by atoms with Crippen LogP contribution in [0.1, 0.15) is 12.5 Å². The van der Waals surface area contributed by atoms with Crippen LogP contribution in [0.15, 0.2) is 40.5 Å². The molecule has 1 amide bonds. The van der Waals surface area contributed by atoms with E-state index >= 15 is 0 Å². The first-order valence-electron chi connectivity index (χ1n) is 5.79. The van der Waals surface area contributed by atoms with Crippen molar-refractivity contribution in [1.29, 1.82) is 0 Å². The summed E-state index contributed by atoms with van der Waals surface area (Å²) in [5, 5.41) is 5.88. The SMILES string of the molecule is CCO/C=C1\SC(=S)N(/N=C\c2cccc(Cl)c2)C1=O. The van der Waals surface area contributed by atoms with Crippen molar-refractivity contribution in [3.05, 3.63) is 46.0 Å². The molecule has 4 nitrogen and oxygen atoms in total. The van der Waals surface area contributed by atoms with Crippen molar-refractivity contribution in [3.63, 3.8) is 0 Å². The first-order chi connectivity index (χ1) is 9.61. The van der Waals surface area contributed by atoms with Crippen molar-refractivity contribution in [1.82, 2.24) is 5.01 Å². The van der Waals surface area contributed by atoms with Gasteiger partial charge in [0, 0.05) is 5.02 Å². The van der Waals surface area contributed by atoms with Crippen LogP contribution in [-0.4, -0.2) is 28.1 Å². The molecule has 0 N–H and O–H groups in total. The number of carbonyl (C=O) groups is 1. The minimum absolute atomic E-state index is 0.285. The molecule has 7 heteroatoms. The van der Waals surface area contributed by atoms with Gasteiger partial charge in [-0.25, -0.2) is 0 Å². The van der Waals surface area contributed by atoms with Gasteiger partial charge in [-0.15, -0.1) is 0 Å². The number of hydrogen-bond acceptors (Lipinski definition) is 5. The van der Waals surface area contributed by atoms with Gasteiger partial charge in [-0.3, -0.25) is 4.79 Å². The van der Waals surface area contributed by atoms with Crippen LogP contribution in [0.4, 0.5) is 0 Å². The van der Waals surface area contributed by atoms with Gasteiger partial charge in [0.25, 0.3) is 5.91 Å². The lowest BCUT2D eigenvalue weighted by molar-refractivity contribution is -0.122. The third-order valence-electron chi connectivity index (χ3n) is 2.30. The molecule has 1 heterocycles.